The molecule has 1 heterocycles. The number of halogens is 1. The summed E-state index contributed by atoms with van der Waals surface area (Å²) in [5.41, 5.74) is 0.905. The van der Waals surface area contributed by atoms with Crippen LogP contribution in [-0.2, 0) is 0 Å². The predicted molar refractivity (Wildman–Crippen MR) is 67.6 cm³/mol. The fourth-order valence-electron chi connectivity index (χ4n) is 2.06. The molecule has 3 heteroatoms. The number of aliphatic hydroxyl groups is 1. The molecule has 88 valence electrons. The first-order valence-electron chi connectivity index (χ1n) is 5.76. The van der Waals surface area contributed by atoms with Crippen molar-refractivity contribution in [2.24, 2.45) is 5.92 Å². The first kappa shape index (κ1) is 11.9. The first-order chi connectivity index (χ1) is 7.61. The largest absolute Gasteiger partial charge is 0.490 e. The molecule has 1 N–H and O–H groups in total. The Kier molecular flexibility index (Phi) is 3.55. The normalized spacial score (nSPS) is 25.8. The third-order valence-electron chi connectivity index (χ3n) is 3.35. The maximum atomic E-state index is 10.1. The minimum Gasteiger partial charge on any atom is -0.490 e. The third-order valence-corrected chi connectivity index (χ3v) is 3.84. The molecule has 1 aromatic rings. The Morgan fingerprint density at radius 2 is 2.31 bits per heavy atom. The van der Waals surface area contributed by atoms with Crippen LogP contribution in [0.2, 0.25) is 0 Å². The number of fused-ring (bicyclic) bond motifs is 1. The Bertz CT molecular complexity index is 378. The van der Waals surface area contributed by atoms with Gasteiger partial charge in [0.15, 0.2) is 0 Å². The average molecular weight is 285 g/mol. The SMILES string of the molecule is CCC(C)C1C[C@H](O)c2ccc(Br)cc2O1. The Morgan fingerprint density at radius 3 is 3.00 bits per heavy atom. The zero-order valence-corrected chi connectivity index (χ0v) is 11.2. The summed E-state index contributed by atoms with van der Waals surface area (Å²) >= 11 is 3.42. The van der Waals surface area contributed by atoms with E-state index < -0.39 is 6.10 Å². The molecule has 0 radical (unpaired) electrons. The van der Waals surface area contributed by atoms with Crippen LogP contribution in [0, 0.1) is 5.92 Å². The van der Waals surface area contributed by atoms with Gasteiger partial charge in [-0.2, -0.15) is 0 Å². The summed E-state index contributed by atoms with van der Waals surface area (Å²) in [4.78, 5) is 0. The van der Waals surface area contributed by atoms with E-state index in [2.05, 4.69) is 29.8 Å². The van der Waals surface area contributed by atoms with E-state index in [1.54, 1.807) is 0 Å². The van der Waals surface area contributed by atoms with Crippen LogP contribution in [0.4, 0.5) is 0 Å². The van der Waals surface area contributed by atoms with Gasteiger partial charge in [-0.15, -0.1) is 0 Å². The zero-order chi connectivity index (χ0) is 11.7. The molecule has 1 aliphatic rings. The summed E-state index contributed by atoms with van der Waals surface area (Å²) in [7, 11) is 0. The quantitative estimate of drug-likeness (QED) is 0.898. The van der Waals surface area contributed by atoms with Crippen molar-refractivity contribution in [2.75, 3.05) is 0 Å². The summed E-state index contributed by atoms with van der Waals surface area (Å²) in [6.07, 6.45) is 1.50. The van der Waals surface area contributed by atoms with Gasteiger partial charge in [-0.1, -0.05) is 42.3 Å². The van der Waals surface area contributed by atoms with Gasteiger partial charge in [0, 0.05) is 16.5 Å². The van der Waals surface area contributed by atoms with Crippen molar-refractivity contribution >= 4 is 15.9 Å². The van der Waals surface area contributed by atoms with Crippen molar-refractivity contribution in [3.8, 4) is 5.75 Å². The molecule has 2 unspecified atom stereocenters. The van der Waals surface area contributed by atoms with Crippen LogP contribution in [0.5, 0.6) is 5.75 Å². The Balaban J connectivity index is 2.27. The van der Waals surface area contributed by atoms with Crippen LogP contribution in [0.15, 0.2) is 22.7 Å². The molecule has 0 amide bonds. The molecule has 0 aromatic heterocycles. The number of rotatable bonds is 2. The molecule has 0 saturated carbocycles. The molecule has 2 rings (SSSR count). The summed E-state index contributed by atoms with van der Waals surface area (Å²) in [6.45, 7) is 4.32. The smallest absolute Gasteiger partial charge is 0.126 e. The van der Waals surface area contributed by atoms with Gasteiger partial charge in [0.2, 0.25) is 0 Å². The van der Waals surface area contributed by atoms with Gasteiger partial charge in [-0.25, -0.2) is 0 Å². The number of aliphatic hydroxyl groups excluding tert-OH is 1. The minimum atomic E-state index is -0.393. The van der Waals surface area contributed by atoms with E-state index in [0.29, 0.717) is 12.3 Å². The van der Waals surface area contributed by atoms with Crippen LogP contribution in [0.25, 0.3) is 0 Å². The lowest BCUT2D eigenvalue weighted by Crippen LogP contribution is -2.31. The lowest BCUT2D eigenvalue weighted by Gasteiger charge is -2.33. The molecule has 0 fully saturated rings. The third kappa shape index (κ3) is 2.25. The van der Waals surface area contributed by atoms with Gasteiger partial charge in [0.05, 0.1) is 6.10 Å². The topological polar surface area (TPSA) is 29.5 Å². The van der Waals surface area contributed by atoms with Gasteiger partial charge in [0.1, 0.15) is 11.9 Å². The fraction of sp³-hybridized carbons (Fsp3) is 0.538. The molecule has 2 nitrogen and oxygen atoms in total. The van der Waals surface area contributed by atoms with Crippen LogP contribution in [0.1, 0.15) is 38.4 Å². The van der Waals surface area contributed by atoms with Crippen molar-refractivity contribution < 1.29 is 9.84 Å². The monoisotopic (exact) mass is 284 g/mol. The van der Waals surface area contributed by atoms with E-state index in [9.17, 15) is 5.11 Å². The van der Waals surface area contributed by atoms with Crippen LogP contribution in [0.3, 0.4) is 0 Å². The second-order valence-corrected chi connectivity index (χ2v) is 5.39. The van der Waals surface area contributed by atoms with Gasteiger partial charge in [-0.05, 0) is 18.1 Å². The van der Waals surface area contributed by atoms with E-state index in [1.807, 2.05) is 18.2 Å². The molecular formula is C13H17BrO2. The van der Waals surface area contributed by atoms with Crippen molar-refractivity contribution in [2.45, 2.75) is 38.9 Å². The van der Waals surface area contributed by atoms with E-state index in [-0.39, 0.29) is 6.10 Å². The second kappa shape index (κ2) is 4.76. The summed E-state index contributed by atoms with van der Waals surface area (Å²) in [6, 6.07) is 5.80. The van der Waals surface area contributed by atoms with Crippen molar-refractivity contribution in [3.63, 3.8) is 0 Å². The van der Waals surface area contributed by atoms with Gasteiger partial charge in [-0.3, -0.25) is 0 Å². The predicted octanol–water partition coefficient (Wildman–Crippen LogP) is 3.68. The molecule has 1 aromatic carbocycles. The number of hydrogen-bond acceptors (Lipinski definition) is 2. The molecule has 0 spiro atoms. The lowest BCUT2D eigenvalue weighted by molar-refractivity contribution is 0.0375. The van der Waals surface area contributed by atoms with E-state index >= 15 is 0 Å². The molecule has 16 heavy (non-hydrogen) atoms. The highest BCUT2D eigenvalue weighted by atomic mass is 79.9. The highest BCUT2D eigenvalue weighted by molar-refractivity contribution is 9.10. The molecular weight excluding hydrogens is 268 g/mol. The van der Waals surface area contributed by atoms with Crippen molar-refractivity contribution in [3.05, 3.63) is 28.2 Å². The standard InChI is InChI=1S/C13H17BrO2/c1-3-8(2)12-7-11(15)10-5-4-9(14)6-13(10)16-12/h4-6,8,11-12,15H,3,7H2,1-2H3/t8?,11-,12?/m0/s1. The maximum Gasteiger partial charge on any atom is 0.126 e. The highest BCUT2D eigenvalue weighted by Gasteiger charge is 2.29. The molecule has 0 bridgehead atoms. The van der Waals surface area contributed by atoms with Crippen LogP contribution >= 0.6 is 15.9 Å². The fourth-order valence-corrected chi connectivity index (χ4v) is 2.40. The van der Waals surface area contributed by atoms with Crippen molar-refractivity contribution in [1.82, 2.24) is 0 Å². The second-order valence-electron chi connectivity index (χ2n) is 4.48. The molecule has 3 atom stereocenters. The van der Waals surface area contributed by atoms with E-state index in [0.717, 1.165) is 22.2 Å². The maximum absolute atomic E-state index is 10.1. The van der Waals surface area contributed by atoms with Gasteiger partial charge < -0.3 is 9.84 Å². The Morgan fingerprint density at radius 1 is 1.56 bits per heavy atom. The Labute approximate surface area is 105 Å². The number of ether oxygens (including phenoxy) is 1. The Hall–Kier alpha value is -0.540. The van der Waals surface area contributed by atoms with Gasteiger partial charge >= 0.3 is 0 Å². The minimum absolute atomic E-state index is 0.127. The summed E-state index contributed by atoms with van der Waals surface area (Å²) in [5.74, 6) is 1.29. The average Bonchev–Trinajstić information content (AvgIpc) is 2.27. The molecule has 0 saturated heterocycles. The first-order valence-corrected chi connectivity index (χ1v) is 6.55. The van der Waals surface area contributed by atoms with Gasteiger partial charge in [0.25, 0.3) is 0 Å². The lowest BCUT2D eigenvalue weighted by atomic mass is 9.91. The van der Waals surface area contributed by atoms with E-state index in [4.69, 9.17) is 4.74 Å². The number of benzene rings is 1. The summed E-state index contributed by atoms with van der Waals surface area (Å²) < 4.78 is 6.93. The van der Waals surface area contributed by atoms with E-state index in [1.165, 1.54) is 0 Å². The summed E-state index contributed by atoms with van der Waals surface area (Å²) in [5, 5.41) is 10.1. The van der Waals surface area contributed by atoms with Crippen molar-refractivity contribution in [1.29, 1.82) is 0 Å². The zero-order valence-electron chi connectivity index (χ0n) is 9.61. The van der Waals surface area contributed by atoms with Crippen LogP contribution in [-0.4, -0.2) is 11.2 Å². The van der Waals surface area contributed by atoms with Crippen LogP contribution < -0.4 is 4.74 Å². The number of hydrogen-bond donors (Lipinski definition) is 1. The highest BCUT2D eigenvalue weighted by Crippen LogP contribution is 2.38. The molecule has 1 aliphatic heterocycles. The molecule has 0 aliphatic carbocycles.